The SMILES string of the molecule is CCNCCCn1c(C)cccc1=O. The molecule has 0 spiro atoms. The topological polar surface area (TPSA) is 34.0 Å². The molecular weight excluding hydrogens is 176 g/mol. The Hall–Kier alpha value is -1.09. The first-order valence-corrected chi connectivity index (χ1v) is 5.13. The van der Waals surface area contributed by atoms with Gasteiger partial charge in [0.15, 0.2) is 0 Å². The molecule has 3 heteroatoms. The van der Waals surface area contributed by atoms with Gasteiger partial charge in [0.25, 0.3) is 5.56 Å². The van der Waals surface area contributed by atoms with E-state index in [1.807, 2.05) is 17.6 Å². The number of rotatable bonds is 5. The zero-order valence-electron chi connectivity index (χ0n) is 8.92. The van der Waals surface area contributed by atoms with Gasteiger partial charge in [-0.25, -0.2) is 0 Å². The molecular formula is C11H18N2O. The first kappa shape index (κ1) is 11.0. The normalized spacial score (nSPS) is 10.4. The Morgan fingerprint density at radius 2 is 2.21 bits per heavy atom. The highest BCUT2D eigenvalue weighted by Gasteiger charge is 1.97. The largest absolute Gasteiger partial charge is 0.317 e. The first-order valence-electron chi connectivity index (χ1n) is 5.13. The average molecular weight is 194 g/mol. The van der Waals surface area contributed by atoms with Crippen LogP contribution >= 0.6 is 0 Å². The molecule has 1 rings (SSSR count). The van der Waals surface area contributed by atoms with Crippen molar-refractivity contribution in [2.24, 2.45) is 0 Å². The van der Waals surface area contributed by atoms with E-state index in [-0.39, 0.29) is 5.56 Å². The summed E-state index contributed by atoms with van der Waals surface area (Å²) in [5.74, 6) is 0. The van der Waals surface area contributed by atoms with Crippen LogP contribution in [0.2, 0.25) is 0 Å². The molecule has 0 saturated heterocycles. The van der Waals surface area contributed by atoms with Gasteiger partial charge in [-0.3, -0.25) is 4.79 Å². The van der Waals surface area contributed by atoms with Gasteiger partial charge in [-0.05, 0) is 32.5 Å². The molecule has 0 amide bonds. The molecule has 0 atom stereocenters. The summed E-state index contributed by atoms with van der Waals surface area (Å²) in [5.41, 5.74) is 1.13. The molecule has 14 heavy (non-hydrogen) atoms. The molecule has 1 aromatic heterocycles. The maximum Gasteiger partial charge on any atom is 0.250 e. The van der Waals surface area contributed by atoms with Crippen LogP contribution in [0.4, 0.5) is 0 Å². The van der Waals surface area contributed by atoms with E-state index in [4.69, 9.17) is 0 Å². The predicted octanol–water partition coefficient (Wildman–Crippen LogP) is 1.16. The van der Waals surface area contributed by atoms with Gasteiger partial charge in [-0.2, -0.15) is 0 Å². The van der Waals surface area contributed by atoms with Gasteiger partial charge in [0, 0.05) is 18.3 Å². The molecule has 1 heterocycles. The quantitative estimate of drug-likeness (QED) is 0.714. The Bertz CT molecular complexity index is 330. The molecule has 0 bridgehead atoms. The zero-order valence-corrected chi connectivity index (χ0v) is 8.92. The van der Waals surface area contributed by atoms with E-state index in [0.29, 0.717) is 0 Å². The van der Waals surface area contributed by atoms with Crippen molar-refractivity contribution in [3.8, 4) is 0 Å². The second-order valence-electron chi connectivity index (χ2n) is 3.36. The third-order valence-electron chi connectivity index (χ3n) is 2.25. The first-order chi connectivity index (χ1) is 6.75. The van der Waals surface area contributed by atoms with Crippen molar-refractivity contribution in [1.82, 2.24) is 9.88 Å². The summed E-state index contributed by atoms with van der Waals surface area (Å²) >= 11 is 0. The van der Waals surface area contributed by atoms with Crippen LogP contribution in [0.3, 0.4) is 0 Å². The minimum absolute atomic E-state index is 0.0986. The highest BCUT2D eigenvalue weighted by molar-refractivity contribution is 5.04. The highest BCUT2D eigenvalue weighted by atomic mass is 16.1. The van der Waals surface area contributed by atoms with E-state index in [1.165, 1.54) is 0 Å². The monoisotopic (exact) mass is 194 g/mol. The lowest BCUT2D eigenvalue weighted by molar-refractivity contribution is 0.571. The lowest BCUT2D eigenvalue weighted by Crippen LogP contribution is -2.23. The Labute approximate surface area is 84.8 Å². The van der Waals surface area contributed by atoms with Crippen LogP contribution in [-0.4, -0.2) is 17.7 Å². The van der Waals surface area contributed by atoms with Crippen LogP contribution in [0.15, 0.2) is 23.0 Å². The molecule has 1 N–H and O–H groups in total. The minimum Gasteiger partial charge on any atom is -0.317 e. The van der Waals surface area contributed by atoms with Crippen molar-refractivity contribution in [2.75, 3.05) is 13.1 Å². The number of nitrogens with zero attached hydrogens (tertiary/aromatic N) is 1. The lowest BCUT2D eigenvalue weighted by atomic mass is 10.3. The standard InChI is InChI=1S/C11H18N2O/c1-3-12-8-5-9-13-10(2)6-4-7-11(13)14/h4,6-7,12H,3,5,8-9H2,1-2H3. The fraction of sp³-hybridized carbons (Fsp3) is 0.545. The van der Waals surface area contributed by atoms with Crippen LogP contribution in [0.5, 0.6) is 0 Å². The molecule has 1 aromatic rings. The van der Waals surface area contributed by atoms with Crippen molar-refractivity contribution in [3.05, 3.63) is 34.2 Å². The molecule has 0 aliphatic heterocycles. The van der Waals surface area contributed by atoms with Gasteiger partial charge < -0.3 is 9.88 Å². The second kappa shape index (κ2) is 5.60. The van der Waals surface area contributed by atoms with Gasteiger partial charge >= 0.3 is 0 Å². The Morgan fingerprint density at radius 1 is 1.43 bits per heavy atom. The molecule has 0 aromatic carbocycles. The smallest absolute Gasteiger partial charge is 0.250 e. The van der Waals surface area contributed by atoms with Crippen molar-refractivity contribution in [1.29, 1.82) is 0 Å². The van der Waals surface area contributed by atoms with E-state index in [1.54, 1.807) is 12.1 Å². The number of pyridine rings is 1. The maximum absolute atomic E-state index is 11.4. The van der Waals surface area contributed by atoms with Gasteiger partial charge in [-0.15, -0.1) is 0 Å². The number of aryl methyl sites for hydroxylation is 1. The van der Waals surface area contributed by atoms with E-state index < -0.39 is 0 Å². The van der Waals surface area contributed by atoms with Crippen LogP contribution in [0.1, 0.15) is 19.0 Å². The van der Waals surface area contributed by atoms with Crippen LogP contribution in [-0.2, 0) is 6.54 Å². The Kier molecular flexibility index (Phi) is 4.40. The molecule has 0 unspecified atom stereocenters. The van der Waals surface area contributed by atoms with Crippen molar-refractivity contribution < 1.29 is 0 Å². The average Bonchev–Trinajstić information content (AvgIpc) is 2.16. The summed E-state index contributed by atoms with van der Waals surface area (Å²) in [4.78, 5) is 11.4. The van der Waals surface area contributed by atoms with E-state index in [2.05, 4.69) is 12.2 Å². The second-order valence-corrected chi connectivity index (χ2v) is 3.36. The van der Waals surface area contributed by atoms with E-state index in [9.17, 15) is 4.79 Å². The Balaban J connectivity index is 2.54. The molecule has 3 nitrogen and oxygen atoms in total. The van der Waals surface area contributed by atoms with Gasteiger partial charge in [0.2, 0.25) is 0 Å². The number of hydrogen-bond acceptors (Lipinski definition) is 2. The van der Waals surface area contributed by atoms with E-state index in [0.717, 1.165) is 31.7 Å². The number of aromatic nitrogens is 1. The number of nitrogens with one attached hydrogen (secondary N) is 1. The fourth-order valence-electron chi connectivity index (χ4n) is 1.45. The maximum atomic E-state index is 11.4. The number of hydrogen-bond donors (Lipinski definition) is 1. The van der Waals surface area contributed by atoms with Gasteiger partial charge in [0.05, 0.1) is 0 Å². The minimum atomic E-state index is 0.0986. The van der Waals surface area contributed by atoms with Crippen molar-refractivity contribution in [2.45, 2.75) is 26.8 Å². The molecule has 0 saturated carbocycles. The lowest BCUT2D eigenvalue weighted by Gasteiger charge is -2.08. The zero-order chi connectivity index (χ0) is 10.4. The van der Waals surface area contributed by atoms with Crippen molar-refractivity contribution >= 4 is 0 Å². The summed E-state index contributed by atoms with van der Waals surface area (Å²) < 4.78 is 1.82. The fourth-order valence-corrected chi connectivity index (χ4v) is 1.45. The third-order valence-corrected chi connectivity index (χ3v) is 2.25. The summed E-state index contributed by atoms with van der Waals surface area (Å²) in [6.07, 6.45) is 0.999. The molecule has 78 valence electrons. The summed E-state index contributed by atoms with van der Waals surface area (Å²) in [7, 11) is 0. The predicted molar refractivity (Wildman–Crippen MR) is 58.6 cm³/mol. The van der Waals surface area contributed by atoms with Crippen LogP contribution < -0.4 is 10.9 Å². The summed E-state index contributed by atoms with van der Waals surface area (Å²) in [6.45, 7) is 6.81. The molecule has 0 radical (unpaired) electrons. The summed E-state index contributed by atoms with van der Waals surface area (Å²) in [5, 5.41) is 3.24. The van der Waals surface area contributed by atoms with Crippen molar-refractivity contribution in [3.63, 3.8) is 0 Å². The van der Waals surface area contributed by atoms with Gasteiger partial charge in [-0.1, -0.05) is 13.0 Å². The third kappa shape index (κ3) is 3.00. The highest BCUT2D eigenvalue weighted by Crippen LogP contribution is 1.94. The van der Waals surface area contributed by atoms with Gasteiger partial charge in [0.1, 0.15) is 0 Å². The molecule has 0 aliphatic rings. The van der Waals surface area contributed by atoms with E-state index >= 15 is 0 Å². The Morgan fingerprint density at radius 3 is 2.86 bits per heavy atom. The van der Waals surface area contributed by atoms with Crippen LogP contribution in [0, 0.1) is 6.92 Å². The summed E-state index contributed by atoms with van der Waals surface area (Å²) in [6, 6.07) is 5.38. The molecule has 0 fully saturated rings. The van der Waals surface area contributed by atoms with Crippen LogP contribution in [0.25, 0.3) is 0 Å². The molecule has 0 aliphatic carbocycles.